The van der Waals surface area contributed by atoms with Crippen LogP contribution in [0.5, 0.6) is 0 Å². The van der Waals surface area contributed by atoms with Crippen LogP contribution >= 0.6 is 11.3 Å². The van der Waals surface area contributed by atoms with E-state index in [2.05, 4.69) is 22.0 Å². The molecular formula is C26H31N5O3S. The van der Waals surface area contributed by atoms with Crippen LogP contribution in [0.25, 0.3) is 10.2 Å². The first kappa shape index (κ1) is 23.7. The number of rotatable bonds is 5. The number of thiophene rings is 1. The van der Waals surface area contributed by atoms with Crippen LogP contribution in [0, 0.1) is 6.92 Å². The summed E-state index contributed by atoms with van der Waals surface area (Å²) in [4.78, 5) is 50.9. The highest BCUT2D eigenvalue weighted by atomic mass is 32.1. The first-order chi connectivity index (χ1) is 17.0. The number of amides is 2. The number of likely N-dealkylation sites (tertiary alicyclic amines) is 1. The predicted octanol–water partition coefficient (Wildman–Crippen LogP) is 2.74. The van der Waals surface area contributed by atoms with Gasteiger partial charge >= 0.3 is 0 Å². The summed E-state index contributed by atoms with van der Waals surface area (Å²) in [6.45, 7) is 7.12. The third kappa shape index (κ3) is 5.01. The van der Waals surface area contributed by atoms with Gasteiger partial charge in [0.25, 0.3) is 11.5 Å². The van der Waals surface area contributed by atoms with Crippen molar-refractivity contribution in [3.63, 3.8) is 0 Å². The van der Waals surface area contributed by atoms with Gasteiger partial charge in [-0.15, -0.1) is 11.3 Å². The quantitative estimate of drug-likeness (QED) is 0.546. The number of benzene rings is 1. The fraction of sp³-hybridized carbons (Fsp3) is 0.462. The number of carbonyl (C=O) groups excluding carboxylic acids is 2. The van der Waals surface area contributed by atoms with Crippen molar-refractivity contribution in [1.82, 2.24) is 24.3 Å². The van der Waals surface area contributed by atoms with Gasteiger partial charge in [0.15, 0.2) is 0 Å². The van der Waals surface area contributed by atoms with E-state index in [-0.39, 0.29) is 23.9 Å². The van der Waals surface area contributed by atoms with Crippen LogP contribution in [0.4, 0.5) is 0 Å². The van der Waals surface area contributed by atoms with E-state index in [1.165, 1.54) is 27.8 Å². The van der Waals surface area contributed by atoms with Crippen LogP contribution in [0.1, 0.15) is 40.1 Å². The maximum Gasteiger partial charge on any atom is 0.264 e. The van der Waals surface area contributed by atoms with Crippen molar-refractivity contribution in [1.29, 1.82) is 0 Å². The molecule has 2 aliphatic heterocycles. The molecule has 0 atom stereocenters. The highest BCUT2D eigenvalue weighted by molar-refractivity contribution is 7.20. The minimum absolute atomic E-state index is 0.0102. The molecule has 2 aliphatic rings. The zero-order valence-electron chi connectivity index (χ0n) is 20.1. The lowest BCUT2D eigenvalue weighted by atomic mass is 10.1. The third-order valence-electron chi connectivity index (χ3n) is 7.03. The van der Waals surface area contributed by atoms with Crippen molar-refractivity contribution >= 4 is 33.4 Å². The molecule has 35 heavy (non-hydrogen) atoms. The smallest absolute Gasteiger partial charge is 0.264 e. The molecule has 3 aromatic rings. The highest BCUT2D eigenvalue weighted by Crippen LogP contribution is 2.28. The summed E-state index contributed by atoms with van der Waals surface area (Å²) in [5.74, 6) is -0.0919. The van der Waals surface area contributed by atoms with E-state index in [4.69, 9.17) is 0 Å². The van der Waals surface area contributed by atoms with Crippen LogP contribution in [-0.2, 0) is 17.9 Å². The average molecular weight is 494 g/mol. The minimum atomic E-state index is -0.249. The number of nitrogens with zero attached hydrogens (tertiary/aromatic N) is 5. The van der Waals surface area contributed by atoms with Crippen LogP contribution in [0.15, 0.2) is 41.5 Å². The first-order valence-corrected chi connectivity index (χ1v) is 13.1. The van der Waals surface area contributed by atoms with Gasteiger partial charge in [-0.3, -0.25) is 23.9 Å². The van der Waals surface area contributed by atoms with E-state index in [0.717, 1.165) is 52.0 Å². The van der Waals surface area contributed by atoms with E-state index in [9.17, 15) is 14.4 Å². The molecule has 0 spiro atoms. The Kier molecular flexibility index (Phi) is 6.97. The molecule has 0 bridgehead atoms. The largest absolute Gasteiger partial charge is 0.341 e. The maximum atomic E-state index is 13.4. The Hall–Kier alpha value is -3.04. The van der Waals surface area contributed by atoms with Crippen molar-refractivity contribution in [3.05, 3.63) is 63.0 Å². The predicted molar refractivity (Wildman–Crippen MR) is 137 cm³/mol. The summed E-state index contributed by atoms with van der Waals surface area (Å²) in [5.41, 5.74) is 1.69. The number of piperazine rings is 1. The van der Waals surface area contributed by atoms with Crippen molar-refractivity contribution in [2.75, 3.05) is 39.3 Å². The second-order valence-corrected chi connectivity index (χ2v) is 10.4. The van der Waals surface area contributed by atoms with Gasteiger partial charge in [0, 0.05) is 45.8 Å². The molecule has 0 saturated carbocycles. The van der Waals surface area contributed by atoms with E-state index >= 15 is 0 Å². The van der Waals surface area contributed by atoms with E-state index in [1.807, 2.05) is 34.9 Å². The normalized spacial score (nSPS) is 17.2. The van der Waals surface area contributed by atoms with E-state index < -0.39 is 0 Å². The fourth-order valence-electron chi connectivity index (χ4n) is 4.96. The Morgan fingerprint density at radius 1 is 0.943 bits per heavy atom. The van der Waals surface area contributed by atoms with Gasteiger partial charge in [0.1, 0.15) is 11.4 Å². The second-order valence-electron chi connectivity index (χ2n) is 9.41. The number of aromatic nitrogens is 2. The van der Waals surface area contributed by atoms with Crippen LogP contribution in [0.3, 0.4) is 0 Å². The van der Waals surface area contributed by atoms with Gasteiger partial charge in [-0.1, -0.05) is 30.3 Å². The maximum absolute atomic E-state index is 13.4. The molecule has 2 aromatic heterocycles. The molecule has 4 heterocycles. The van der Waals surface area contributed by atoms with Crippen molar-refractivity contribution in [2.24, 2.45) is 0 Å². The fourth-order valence-corrected chi connectivity index (χ4v) is 6.07. The molecule has 1 aromatic carbocycles. The standard InChI is InChI=1S/C26H31N5O3S/c1-19-22-24(27-18-31(25(22)33)17-21(32)29-10-6-3-7-11-29)35-23(19)26(34)30-14-12-28(13-15-30)16-20-8-4-2-5-9-20/h2,4-5,8-9,18H,3,6-7,10-17H2,1H3. The number of hydrogen-bond donors (Lipinski definition) is 0. The molecule has 8 nitrogen and oxygen atoms in total. The summed E-state index contributed by atoms with van der Waals surface area (Å²) in [6, 6.07) is 10.4. The van der Waals surface area contributed by atoms with Gasteiger partial charge in [0.05, 0.1) is 16.6 Å². The molecule has 2 fully saturated rings. The van der Waals surface area contributed by atoms with Gasteiger partial charge in [-0.05, 0) is 37.3 Å². The Morgan fingerprint density at radius 3 is 2.37 bits per heavy atom. The number of fused-ring (bicyclic) bond motifs is 1. The molecule has 2 amide bonds. The molecule has 0 aliphatic carbocycles. The Balaban J connectivity index is 1.28. The Morgan fingerprint density at radius 2 is 1.66 bits per heavy atom. The minimum Gasteiger partial charge on any atom is -0.341 e. The molecular weight excluding hydrogens is 462 g/mol. The van der Waals surface area contributed by atoms with Gasteiger partial charge in [0.2, 0.25) is 5.91 Å². The van der Waals surface area contributed by atoms with Crippen molar-refractivity contribution in [2.45, 2.75) is 39.3 Å². The van der Waals surface area contributed by atoms with Gasteiger partial charge < -0.3 is 9.80 Å². The zero-order chi connectivity index (χ0) is 24.4. The molecule has 0 N–H and O–H groups in total. The lowest BCUT2D eigenvalue weighted by Gasteiger charge is -2.34. The molecule has 9 heteroatoms. The third-order valence-corrected chi connectivity index (χ3v) is 8.22. The van der Waals surface area contributed by atoms with Crippen molar-refractivity contribution < 1.29 is 9.59 Å². The van der Waals surface area contributed by atoms with E-state index in [0.29, 0.717) is 33.7 Å². The molecule has 184 valence electrons. The SMILES string of the molecule is Cc1c(C(=O)N2CCN(Cc3ccccc3)CC2)sc2ncn(CC(=O)N3CCCCC3)c(=O)c12. The number of carbonyl (C=O) groups is 2. The number of hydrogen-bond acceptors (Lipinski definition) is 6. The number of piperidine rings is 1. The van der Waals surface area contributed by atoms with Crippen molar-refractivity contribution in [3.8, 4) is 0 Å². The average Bonchev–Trinajstić information content (AvgIpc) is 3.23. The summed E-state index contributed by atoms with van der Waals surface area (Å²) in [6.07, 6.45) is 4.60. The topological polar surface area (TPSA) is 78.8 Å². The summed E-state index contributed by atoms with van der Waals surface area (Å²) in [5, 5.41) is 0.454. The van der Waals surface area contributed by atoms with Crippen LogP contribution < -0.4 is 5.56 Å². The Labute approximate surface area is 208 Å². The second kappa shape index (κ2) is 10.3. The summed E-state index contributed by atoms with van der Waals surface area (Å²) in [7, 11) is 0. The Bertz CT molecular complexity index is 1270. The first-order valence-electron chi connectivity index (χ1n) is 12.3. The summed E-state index contributed by atoms with van der Waals surface area (Å²) < 4.78 is 1.38. The molecule has 0 radical (unpaired) electrons. The van der Waals surface area contributed by atoms with Gasteiger partial charge in [-0.25, -0.2) is 4.98 Å². The monoisotopic (exact) mass is 493 g/mol. The van der Waals surface area contributed by atoms with Crippen LogP contribution in [-0.4, -0.2) is 75.3 Å². The van der Waals surface area contributed by atoms with Crippen LogP contribution in [0.2, 0.25) is 0 Å². The lowest BCUT2D eigenvalue weighted by molar-refractivity contribution is -0.132. The molecule has 0 unspecified atom stereocenters. The van der Waals surface area contributed by atoms with E-state index in [1.54, 1.807) is 0 Å². The zero-order valence-corrected chi connectivity index (χ0v) is 20.9. The molecule has 2 saturated heterocycles. The summed E-state index contributed by atoms with van der Waals surface area (Å²) >= 11 is 1.27. The lowest BCUT2D eigenvalue weighted by Crippen LogP contribution is -2.48. The van der Waals surface area contributed by atoms with Gasteiger partial charge in [-0.2, -0.15) is 0 Å². The number of aryl methyl sites for hydroxylation is 1. The highest BCUT2D eigenvalue weighted by Gasteiger charge is 2.27. The molecule has 5 rings (SSSR count).